The fourth-order valence-corrected chi connectivity index (χ4v) is 2.65. The number of methoxy groups -OCH3 is 1. The van der Waals surface area contributed by atoms with Crippen molar-refractivity contribution in [2.75, 3.05) is 30.8 Å². The Morgan fingerprint density at radius 3 is 3.14 bits per heavy atom. The van der Waals surface area contributed by atoms with Crippen molar-refractivity contribution in [1.82, 2.24) is 9.97 Å². The minimum Gasteiger partial charge on any atom is -0.496 e. The van der Waals surface area contributed by atoms with Gasteiger partial charge in [0.25, 0.3) is 0 Å². The number of hydrogen-bond acceptors (Lipinski definition) is 5. The van der Waals surface area contributed by atoms with Gasteiger partial charge in [-0.05, 0) is 42.5 Å². The van der Waals surface area contributed by atoms with Crippen LogP contribution < -0.4 is 15.4 Å². The lowest BCUT2D eigenvalue weighted by Crippen LogP contribution is -2.13. The van der Waals surface area contributed by atoms with Gasteiger partial charge >= 0.3 is 0 Å². The number of ether oxygens (including phenoxy) is 1. The molecule has 3 rings (SSSR count). The normalized spacial score (nSPS) is 13.2. The molecule has 1 aromatic carbocycles. The van der Waals surface area contributed by atoms with Crippen LogP contribution in [0.15, 0.2) is 30.7 Å². The van der Waals surface area contributed by atoms with Crippen LogP contribution in [0, 0.1) is 0 Å². The van der Waals surface area contributed by atoms with Crippen LogP contribution in [0.5, 0.6) is 5.75 Å². The third-order valence-corrected chi connectivity index (χ3v) is 3.73. The van der Waals surface area contributed by atoms with Gasteiger partial charge in [0.1, 0.15) is 17.9 Å². The van der Waals surface area contributed by atoms with Crippen molar-refractivity contribution in [3.8, 4) is 5.75 Å². The van der Waals surface area contributed by atoms with Crippen LogP contribution in [-0.2, 0) is 12.8 Å². The van der Waals surface area contributed by atoms with Crippen molar-refractivity contribution in [3.05, 3.63) is 41.9 Å². The maximum atomic E-state index is 5.52. The summed E-state index contributed by atoms with van der Waals surface area (Å²) >= 11 is 0. The van der Waals surface area contributed by atoms with Gasteiger partial charge in [0.15, 0.2) is 0 Å². The number of anilines is 2. The van der Waals surface area contributed by atoms with Crippen LogP contribution in [0.4, 0.5) is 11.5 Å². The number of nitrogens with one attached hydrogen (secondary N) is 2. The third kappa shape index (κ3) is 3.24. The Hall–Kier alpha value is -2.30. The zero-order valence-corrected chi connectivity index (χ0v) is 12.2. The zero-order valence-electron chi connectivity index (χ0n) is 12.2. The van der Waals surface area contributed by atoms with E-state index < -0.39 is 0 Å². The molecule has 0 saturated carbocycles. The SMILES string of the molecule is COc1cc2c(cc1CCNc1ccncn1)CCCN2. The predicted octanol–water partition coefficient (Wildman–Crippen LogP) is 2.50. The molecule has 1 aromatic heterocycles. The Morgan fingerprint density at radius 2 is 2.33 bits per heavy atom. The molecule has 2 N–H and O–H groups in total. The van der Waals surface area contributed by atoms with E-state index in [0.717, 1.165) is 37.5 Å². The lowest BCUT2D eigenvalue weighted by molar-refractivity contribution is 0.410. The lowest BCUT2D eigenvalue weighted by Gasteiger charge is -2.21. The zero-order chi connectivity index (χ0) is 14.5. The van der Waals surface area contributed by atoms with E-state index in [4.69, 9.17) is 4.74 Å². The van der Waals surface area contributed by atoms with E-state index in [1.165, 1.54) is 23.2 Å². The number of hydrogen-bond donors (Lipinski definition) is 2. The first-order valence-corrected chi connectivity index (χ1v) is 7.30. The number of aromatic nitrogens is 2. The fraction of sp³-hybridized carbons (Fsp3) is 0.375. The summed E-state index contributed by atoms with van der Waals surface area (Å²) in [5.74, 6) is 1.80. The van der Waals surface area contributed by atoms with E-state index in [2.05, 4.69) is 32.7 Å². The first-order chi connectivity index (χ1) is 10.4. The van der Waals surface area contributed by atoms with E-state index in [9.17, 15) is 0 Å². The number of aryl methyl sites for hydroxylation is 1. The molecule has 0 bridgehead atoms. The smallest absolute Gasteiger partial charge is 0.129 e. The average Bonchev–Trinajstić information content (AvgIpc) is 2.55. The highest BCUT2D eigenvalue weighted by molar-refractivity contribution is 5.59. The maximum absolute atomic E-state index is 5.52. The van der Waals surface area contributed by atoms with Crippen LogP contribution in [0.25, 0.3) is 0 Å². The van der Waals surface area contributed by atoms with Gasteiger partial charge in [0.2, 0.25) is 0 Å². The number of fused-ring (bicyclic) bond motifs is 1. The molecule has 0 spiro atoms. The summed E-state index contributed by atoms with van der Waals surface area (Å²) in [6, 6.07) is 6.25. The van der Waals surface area contributed by atoms with E-state index in [0.29, 0.717) is 0 Å². The third-order valence-electron chi connectivity index (χ3n) is 3.73. The summed E-state index contributed by atoms with van der Waals surface area (Å²) in [5, 5.41) is 6.74. The van der Waals surface area contributed by atoms with Crippen molar-refractivity contribution in [2.24, 2.45) is 0 Å². The van der Waals surface area contributed by atoms with Crippen LogP contribution in [0.2, 0.25) is 0 Å². The molecule has 0 aliphatic carbocycles. The standard InChI is InChI=1S/C16H20N4O/c1-21-15-10-14-12(3-2-6-18-14)9-13(15)4-8-19-16-5-7-17-11-20-16/h5,7,9-11,18H,2-4,6,8H2,1H3,(H,17,19,20). The molecule has 0 atom stereocenters. The van der Waals surface area contributed by atoms with Crippen LogP contribution in [0.1, 0.15) is 17.5 Å². The molecule has 0 radical (unpaired) electrons. The van der Waals surface area contributed by atoms with Gasteiger partial charge in [-0.3, -0.25) is 0 Å². The van der Waals surface area contributed by atoms with E-state index in [-0.39, 0.29) is 0 Å². The highest BCUT2D eigenvalue weighted by Gasteiger charge is 2.13. The lowest BCUT2D eigenvalue weighted by atomic mass is 9.98. The van der Waals surface area contributed by atoms with Gasteiger partial charge < -0.3 is 15.4 Å². The van der Waals surface area contributed by atoms with Gasteiger partial charge in [0.05, 0.1) is 7.11 Å². The number of nitrogens with zero attached hydrogens (tertiary/aromatic N) is 2. The molecule has 2 heterocycles. The van der Waals surface area contributed by atoms with Crippen molar-refractivity contribution < 1.29 is 4.74 Å². The second kappa shape index (κ2) is 6.43. The Kier molecular flexibility index (Phi) is 4.19. The Balaban J connectivity index is 1.69. The Labute approximate surface area is 124 Å². The van der Waals surface area contributed by atoms with Gasteiger partial charge in [-0.15, -0.1) is 0 Å². The fourth-order valence-electron chi connectivity index (χ4n) is 2.65. The highest BCUT2D eigenvalue weighted by atomic mass is 16.5. The monoisotopic (exact) mass is 284 g/mol. The molecule has 5 nitrogen and oxygen atoms in total. The van der Waals surface area contributed by atoms with Crippen LogP contribution in [-0.4, -0.2) is 30.2 Å². The quantitative estimate of drug-likeness (QED) is 0.883. The molecule has 5 heteroatoms. The minimum absolute atomic E-state index is 0.819. The van der Waals surface area contributed by atoms with Crippen molar-refractivity contribution >= 4 is 11.5 Å². The van der Waals surface area contributed by atoms with Crippen molar-refractivity contribution in [1.29, 1.82) is 0 Å². The van der Waals surface area contributed by atoms with Crippen LogP contribution >= 0.6 is 0 Å². The van der Waals surface area contributed by atoms with Crippen molar-refractivity contribution in [2.45, 2.75) is 19.3 Å². The van der Waals surface area contributed by atoms with Gasteiger partial charge in [-0.2, -0.15) is 0 Å². The second-order valence-electron chi connectivity index (χ2n) is 5.12. The van der Waals surface area contributed by atoms with E-state index in [1.54, 1.807) is 19.6 Å². The van der Waals surface area contributed by atoms with E-state index in [1.807, 2.05) is 6.07 Å². The van der Waals surface area contributed by atoms with E-state index >= 15 is 0 Å². The molecule has 110 valence electrons. The molecular weight excluding hydrogens is 264 g/mol. The summed E-state index contributed by atoms with van der Waals surface area (Å²) in [6.45, 7) is 1.87. The summed E-state index contributed by atoms with van der Waals surface area (Å²) in [4.78, 5) is 8.07. The molecule has 1 aliphatic rings. The summed E-state index contributed by atoms with van der Waals surface area (Å²) in [5.41, 5.74) is 3.84. The van der Waals surface area contributed by atoms with Crippen molar-refractivity contribution in [3.63, 3.8) is 0 Å². The van der Waals surface area contributed by atoms with Gasteiger partial charge in [-0.25, -0.2) is 9.97 Å². The maximum Gasteiger partial charge on any atom is 0.129 e. The molecule has 0 amide bonds. The Morgan fingerprint density at radius 1 is 1.38 bits per heavy atom. The number of benzene rings is 1. The Bertz CT molecular complexity index is 601. The molecular formula is C16H20N4O. The average molecular weight is 284 g/mol. The molecule has 2 aromatic rings. The summed E-state index contributed by atoms with van der Waals surface area (Å²) < 4.78 is 5.52. The summed E-state index contributed by atoms with van der Waals surface area (Å²) in [7, 11) is 1.73. The predicted molar refractivity (Wildman–Crippen MR) is 84.0 cm³/mol. The van der Waals surface area contributed by atoms with Gasteiger partial charge in [-0.1, -0.05) is 0 Å². The molecule has 0 unspecified atom stereocenters. The highest BCUT2D eigenvalue weighted by Crippen LogP contribution is 2.30. The number of rotatable bonds is 5. The second-order valence-corrected chi connectivity index (χ2v) is 5.12. The minimum atomic E-state index is 0.819. The largest absolute Gasteiger partial charge is 0.496 e. The topological polar surface area (TPSA) is 59.1 Å². The molecule has 1 aliphatic heterocycles. The molecule has 21 heavy (non-hydrogen) atoms. The first-order valence-electron chi connectivity index (χ1n) is 7.30. The first kappa shape index (κ1) is 13.7. The van der Waals surface area contributed by atoms with Crippen LogP contribution in [0.3, 0.4) is 0 Å². The van der Waals surface area contributed by atoms with Gasteiger partial charge in [0, 0.05) is 31.0 Å². The summed E-state index contributed by atoms with van der Waals surface area (Å²) in [6.07, 6.45) is 6.52. The molecule has 0 fully saturated rings. The molecule has 0 saturated heterocycles.